The quantitative estimate of drug-likeness (QED) is 0.554. The Balaban J connectivity index is 2.36. The fourth-order valence-electron chi connectivity index (χ4n) is 2.28. The Bertz CT molecular complexity index is 810. The van der Waals surface area contributed by atoms with Crippen LogP contribution in [0.3, 0.4) is 0 Å². The van der Waals surface area contributed by atoms with E-state index < -0.39 is 17.0 Å². The Morgan fingerprint density at radius 3 is 2.43 bits per heavy atom. The van der Waals surface area contributed by atoms with E-state index in [0.29, 0.717) is 17.0 Å². The lowest BCUT2D eigenvalue weighted by atomic mass is 10.2. The van der Waals surface area contributed by atoms with E-state index in [4.69, 9.17) is 11.6 Å². The van der Waals surface area contributed by atoms with Gasteiger partial charge < -0.3 is 0 Å². The molecule has 0 radical (unpaired) electrons. The van der Waals surface area contributed by atoms with Gasteiger partial charge in [-0.05, 0) is 37.3 Å². The molecule has 0 saturated carbocycles. The molecule has 0 aliphatic heterocycles. The third-order valence-corrected chi connectivity index (χ3v) is 3.79. The Labute approximate surface area is 133 Å². The first-order chi connectivity index (χ1) is 9.95. The van der Waals surface area contributed by atoms with Gasteiger partial charge in [0.1, 0.15) is 17.5 Å². The summed E-state index contributed by atoms with van der Waals surface area (Å²) < 4.78 is 29.6. The molecule has 1 unspecified atom stereocenters. The van der Waals surface area contributed by atoms with Crippen molar-refractivity contribution in [2.45, 2.75) is 12.3 Å². The molecule has 0 aliphatic rings. The van der Waals surface area contributed by atoms with E-state index in [0.717, 1.165) is 16.1 Å². The van der Waals surface area contributed by atoms with E-state index in [1.807, 2.05) is 18.2 Å². The highest BCUT2D eigenvalue weighted by Crippen LogP contribution is 2.30. The normalized spacial score (nSPS) is 12.8. The van der Waals surface area contributed by atoms with Crippen molar-refractivity contribution in [2.24, 2.45) is 0 Å². The average Bonchev–Trinajstić information content (AvgIpc) is 2.76. The predicted octanol–water partition coefficient (Wildman–Crippen LogP) is 5.37. The number of benzene rings is 2. The van der Waals surface area contributed by atoms with Gasteiger partial charge in [-0.15, -0.1) is 11.6 Å². The van der Waals surface area contributed by atoms with Crippen molar-refractivity contribution >= 4 is 38.6 Å². The van der Waals surface area contributed by atoms with E-state index in [1.54, 1.807) is 11.5 Å². The molecule has 6 heteroatoms. The molecule has 3 rings (SSSR count). The number of hydrogen-bond donors (Lipinski definition) is 0. The van der Waals surface area contributed by atoms with Crippen molar-refractivity contribution in [3.8, 4) is 5.69 Å². The van der Waals surface area contributed by atoms with Gasteiger partial charge in [-0.25, -0.2) is 13.8 Å². The number of hydrogen-bond acceptors (Lipinski definition) is 1. The summed E-state index contributed by atoms with van der Waals surface area (Å²) in [5, 5.41) is -0.400. The van der Waals surface area contributed by atoms with Crippen molar-refractivity contribution in [1.29, 1.82) is 0 Å². The maximum Gasteiger partial charge on any atom is 0.132 e. The zero-order valence-corrected chi connectivity index (χ0v) is 13.3. The Kier molecular flexibility index (Phi) is 3.71. The van der Waals surface area contributed by atoms with E-state index in [-0.39, 0.29) is 0 Å². The van der Waals surface area contributed by atoms with Crippen LogP contribution in [0.25, 0.3) is 16.7 Å². The molecule has 0 amide bonds. The van der Waals surface area contributed by atoms with Crippen molar-refractivity contribution in [1.82, 2.24) is 9.55 Å². The van der Waals surface area contributed by atoms with Crippen LogP contribution < -0.4 is 0 Å². The largest absolute Gasteiger partial charge is 0.295 e. The summed E-state index contributed by atoms with van der Waals surface area (Å²) in [6, 6.07) is 8.87. The first-order valence-corrected chi connectivity index (χ1v) is 7.47. The minimum atomic E-state index is -0.642. The molecule has 21 heavy (non-hydrogen) atoms. The Hall–Kier alpha value is -1.46. The summed E-state index contributed by atoms with van der Waals surface area (Å²) >= 11 is 9.55. The van der Waals surface area contributed by atoms with Crippen LogP contribution in [-0.2, 0) is 0 Å². The summed E-state index contributed by atoms with van der Waals surface area (Å²) in [6.45, 7) is 1.77. The highest BCUT2D eigenvalue weighted by Gasteiger charge is 2.17. The summed E-state index contributed by atoms with van der Waals surface area (Å²) in [6.07, 6.45) is 0. The van der Waals surface area contributed by atoms with E-state index in [9.17, 15) is 8.78 Å². The van der Waals surface area contributed by atoms with Gasteiger partial charge in [-0.2, -0.15) is 0 Å². The standard InChI is InChI=1S/C15H10BrClF2N2/c1-8(17)15-20-13-4-9(16)2-3-14(13)21(15)12-6-10(18)5-11(19)7-12/h2-8H,1H3. The SMILES string of the molecule is CC(Cl)c1nc2cc(Br)ccc2n1-c1cc(F)cc(F)c1. The topological polar surface area (TPSA) is 17.8 Å². The van der Waals surface area contributed by atoms with Crippen LogP contribution in [0.15, 0.2) is 40.9 Å². The Morgan fingerprint density at radius 2 is 1.81 bits per heavy atom. The molecule has 0 N–H and O–H groups in total. The fourth-order valence-corrected chi connectivity index (χ4v) is 2.77. The lowest BCUT2D eigenvalue weighted by molar-refractivity contribution is 0.581. The van der Waals surface area contributed by atoms with Crippen molar-refractivity contribution in [3.05, 3.63) is 58.3 Å². The molecule has 0 fully saturated rings. The molecule has 2 nitrogen and oxygen atoms in total. The minimum absolute atomic E-state index is 0.361. The second-order valence-corrected chi connectivity index (χ2v) is 6.25. The van der Waals surface area contributed by atoms with Gasteiger partial charge in [-0.1, -0.05) is 15.9 Å². The summed E-state index contributed by atoms with van der Waals surface area (Å²) in [7, 11) is 0. The fraction of sp³-hybridized carbons (Fsp3) is 0.133. The van der Waals surface area contributed by atoms with Crippen molar-refractivity contribution in [3.63, 3.8) is 0 Å². The number of rotatable bonds is 2. The zero-order valence-electron chi connectivity index (χ0n) is 10.9. The number of nitrogens with zero attached hydrogens (tertiary/aromatic N) is 2. The molecule has 108 valence electrons. The van der Waals surface area contributed by atoms with Crippen LogP contribution in [0.1, 0.15) is 18.1 Å². The minimum Gasteiger partial charge on any atom is -0.295 e. The maximum absolute atomic E-state index is 13.5. The smallest absolute Gasteiger partial charge is 0.132 e. The van der Waals surface area contributed by atoms with Crippen molar-refractivity contribution in [2.75, 3.05) is 0 Å². The molecular formula is C15H10BrClF2N2. The van der Waals surface area contributed by atoms with Crippen LogP contribution in [0, 0.1) is 11.6 Å². The second kappa shape index (κ2) is 5.39. The molecule has 1 atom stereocenters. The van der Waals surface area contributed by atoms with Gasteiger partial charge in [0.15, 0.2) is 0 Å². The predicted molar refractivity (Wildman–Crippen MR) is 83.0 cm³/mol. The zero-order chi connectivity index (χ0) is 15.1. The first-order valence-electron chi connectivity index (χ1n) is 6.24. The molecular weight excluding hydrogens is 362 g/mol. The monoisotopic (exact) mass is 370 g/mol. The summed E-state index contributed by atoms with van der Waals surface area (Å²) in [4.78, 5) is 4.46. The highest BCUT2D eigenvalue weighted by molar-refractivity contribution is 9.10. The molecule has 0 saturated heterocycles. The third kappa shape index (κ3) is 2.68. The van der Waals surface area contributed by atoms with Gasteiger partial charge in [0, 0.05) is 10.5 Å². The summed E-state index contributed by atoms with van der Waals surface area (Å²) in [5.41, 5.74) is 1.81. The molecule has 2 aromatic carbocycles. The van der Waals surface area contributed by atoms with E-state index in [1.165, 1.54) is 12.1 Å². The number of halogens is 4. The van der Waals surface area contributed by atoms with E-state index in [2.05, 4.69) is 20.9 Å². The molecule has 3 aromatic rings. The Morgan fingerprint density at radius 1 is 1.14 bits per heavy atom. The van der Waals surface area contributed by atoms with Gasteiger partial charge in [0.25, 0.3) is 0 Å². The van der Waals surface area contributed by atoms with Crippen LogP contribution in [0.2, 0.25) is 0 Å². The molecule has 0 aliphatic carbocycles. The average molecular weight is 372 g/mol. The molecule has 1 aromatic heterocycles. The second-order valence-electron chi connectivity index (χ2n) is 4.68. The number of aromatic nitrogens is 2. The van der Waals surface area contributed by atoms with E-state index >= 15 is 0 Å². The lowest BCUT2D eigenvalue weighted by Gasteiger charge is -2.11. The van der Waals surface area contributed by atoms with Crippen molar-refractivity contribution < 1.29 is 8.78 Å². The first kappa shape index (κ1) is 14.5. The number of fused-ring (bicyclic) bond motifs is 1. The van der Waals surface area contributed by atoms with Crippen LogP contribution >= 0.6 is 27.5 Å². The van der Waals surface area contributed by atoms with Crippen LogP contribution in [0.5, 0.6) is 0 Å². The maximum atomic E-state index is 13.5. The molecule has 0 spiro atoms. The van der Waals surface area contributed by atoms with Crippen LogP contribution in [-0.4, -0.2) is 9.55 Å². The van der Waals surface area contributed by atoms with Gasteiger partial charge in [-0.3, -0.25) is 4.57 Å². The number of imidazole rings is 1. The lowest BCUT2D eigenvalue weighted by Crippen LogP contribution is -2.03. The molecule has 1 heterocycles. The highest BCUT2D eigenvalue weighted by atomic mass is 79.9. The van der Waals surface area contributed by atoms with Gasteiger partial charge in [0.2, 0.25) is 0 Å². The third-order valence-electron chi connectivity index (χ3n) is 3.10. The van der Waals surface area contributed by atoms with Gasteiger partial charge in [0.05, 0.1) is 22.1 Å². The number of alkyl halides is 1. The van der Waals surface area contributed by atoms with Gasteiger partial charge >= 0.3 is 0 Å². The molecule has 0 bridgehead atoms. The van der Waals surface area contributed by atoms with Crippen LogP contribution in [0.4, 0.5) is 8.78 Å². The summed E-state index contributed by atoms with van der Waals surface area (Å²) in [5.74, 6) is -0.746.